The van der Waals surface area contributed by atoms with Gasteiger partial charge in [-0.25, -0.2) is 0 Å². The first-order chi connectivity index (χ1) is 9.10. The highest BCUT2D eigenvalue weighted by atomic mass is 16.5. The van der Waals surface area contributed by atoms with Gasteiger partial charge in [-0.15, -0.1) is 0 Å². The molecular weight excluding hydrogens is 244 g/mol. The van der Waals surface area contributed by atoms with Crippen LogP contribution in [0.15, 0.2) is 24.3 Å². The highest BCUT2D eigenvalue weighted by Crippen LogP contribution is 2.13. The number of hydrogen-bond donors (Lipinski definition) is 2. The Balaban J connectivity index is 0.000000711. The summed E-state index contributed by atoms with van der Waals surface area (Å²) in [5, 5.41) is 16.4. The molecule has 0 bridgehead atoms. The zero-order valence-electron chi connectivity index (χ0n) is 11.8. The molecule has 2 N–H and O–H groups in total. The Morgan fingerprint density at radius 1 is 1.26 bits per heavy atom. The maximum absolute atomic E-state index is 9.00. The SMILES string of the molecule is CC(=O)O.CCCCCCOc1cccc(CO)c1. The first-order valence-electron chi connectivity index (χ1n) is 6.62. The number of carboxylic acids is 1. The fraction of sp³-hybridized carbons (Fsp3) is 0.533. The van der Waals surface area contributed by atoms with Crippen molar-refractivity contribution in [1.29, 1.82) is 0 Å². The van der Waals surface area contributed by atoms with Crippen LogP contribution in [0.3, 0.4) is 0 Å². The molecule has 0 aliphatic rings. The summed E-state index contributed by atoms with van der Waals surface area (Å²) in [7, 11) is 0. The summed E-state index contributed by atoms with van der Waals surface area (Å²) in [5.74, 6) is 0.0260. The van der Waals surface area contributed by atoms with Gasteiger partial charge in [-0.2, -0.15) is 0 Å². The summed E-state index contributed by atoms with van der Waals surface area (Å²) in [5.41, 5.74) is 0.904. The van der Waals surface area contributed by atoms with Crippen LogP contribution < -0.4 is 4.74 Å². The number of aliphatic carboxylic acids is 1. The normalized spacial score (nSPS) is 9.42. The third-order valence-electron chi connectivity index (χ3n) is 2.35. The molecule has 0 radical (unpaired) electrons. The molecule has 1 aromatic rings. The topological polar surface area (TPSA) is 66.8 Å². The van der Waals surface area contributed by atoms with E-state index in [0.29, 0.717) is 0 Å². The summed E-state index contributed by atoms with van der Waals surface area (Å²) in [6.07, 6.45) is 4.87. The second kappa shape index (κ2) is 11.5. The molecule has 0 aliphatic carbocycles. The second-order valence-electron chi connectivity index (χ2n) is 4.23. The van der Waals surface area contributed by atoms with Crippen molar-refractivity contribution >= 4 is 5.97 Å². The summed E-state index contributed by atoms with van der Waals surface area (Å²) in [6.45, 7) is 4.13. The van der Waals surface area contributed by atoms with Gasteiger partial charge in [0, 0.05) is 6.92 Å². The molecule has 0 aliphatic heterocycles. The molecule has 4 heteroatoms. The van der Waals surface area contributed by atoms with Crippen molar-refractivity contribution in [3.05, 3.63) is 29.8 Å². The summed E-state index contributed by atoms with van der Waals surface area (Å²) in [6, 6.07) is 7.62. The molecular formula is C15H24O4. The molecule has 4 nitrogen and oxygen atoms in total. The van der Waals surface area contributed by atoms with Crippen molar-refractivity contribution in [2.75, 3.05) is 6.61 Å². The van der Waals surface area contributed by atoms with Gasteiger partial charge >= 0.3 is 0 Å². The van der Waals surface area contributed by atoms with E-state index < -0.39 is 5.97 Å². The number of carbonyl (C=O) groups is 1. The monoisotopic (exact) mass is 268 g/mol. The Kier molecular flexibility index (Phi) is 10.6. The van der Waals surface area contributed by atoms with Gasteiger partial charge in [0.2, 0.25) is 0 Å². The quantitative estimate of drug-likeness (QED) is 0.745. The fourth-order valence-electron chi connectivity index (χ4n) is 1.45. The van der Waals surface area contributed by atoms with E-state index in [9.17, 15) is 0 Å². The van der Waals surface area contributed by atoms with Crippen molar-refractivity contribution in [2.24, 2.45) is 0 Å². The molecule has 0 aromatic heterocycles. The molecule has 0 heterocycles. The van der Waals surface area contributed by atoms with Crippen LogP contribution in [0.5, 0.6) is 5.75 Å². The van der Waals surface area contributed by atoms with E-state index in [1.807, 2.05) is 24.3 Å². The number of aliphatic hydroxyl groups is 1. The lowest BCUT2D eigenvalue weighted by Crippen LogP contribution is -1.97. The highest BCUT2D eigenvalue weighted by molar-refractivity contribution is 5.62. The van der Waals surface area contributed by atoms with E-state index in [2.05, 4.69) is 6.92 Å². The minimum atomic E-state index is -0.833. The molecule has 0 saturated carbocycles. The highest BCUT2D eigenvalue weighted by Gasteiger charge is 1.95. The average molecular weight is 268 g/mol. The summed E-state index contributed by atoms with van der Waals surface area (Å²) < 4.78 is 5.58. The van der Waals surface area contributed by atoms with Gasteiger partial charge in [0.1, 0.15) is 5.75 Å². The van der Waals surface area contributed by atoms with E-state index in [1.165, 1.54) is 19.3 Å². The number of hydrogen-bond acceptors (Lipinski definition) is 3. The van der Waals surface area contributed by atoms with Crippen molar-refractivity contribution in [3.8, 4) is 5.75 Å². The fourth-order valence-corrected chi connectivity index (χ4v) is 1.45. The lowest BCUT2D eigenvalue weighted by molar-refractivity contribution is -0.134. The molecule has 0 amide bonds. The standard InChI is InChI=1S/C13H20O2.C2H4O2/c1-2-3-4-5-9-15-13-8-6-7-12(10-13)11-14;1-2(3)4/h6-8,10,14H,2-5,9,11H2,1H3;1H3,(H,3,4). The average Bonchev–Trinajstić information content (AvgIpc) is 2.38. The van der Waals surface area contributed by atoms with Gasteiger partial charge < -0.3 is 14.9 Å². The minimum Gasteiger partial charge on any atom is -0.494 e. The Labute approximate surface area is 115 Å². The third kappa shape index (κ3) is 11.3. The molecule has 0 fully saturated rings. The van der Waals surface area contributed by atoms with Crippen LogP contribution in [-0.4, -0.2) is 22.8 Å². The maximum atomic E-state index is 9.00. The second-order valence-corrected chi connectivity index (χ2v) is 4.23. The first kappa shape index (κ1) is 17.4. The predicted molar refractivity (Wildman–Crippen MR) is 75.3 cm³/mol. The molecule has 1 aromatic carbocycles. The van der Waals surface area contributed by atoms with Crippen LogP contribution in [0.4, 0.5) is 0 Å². The lowest BCUT2D eigenvalue weighted by Gasteiger charge is -2.06. The Morgan fingerprint density at radius 2 is 1.95 bits per heavy atom. The molecule has 0 spiro atoms. The number of unbranched alkanes of at least 4 members (excludes halogenated alkanes) is 3. The summed E-state index contributed by atoms with van der Waals surface area (Å²) in [4.78, 5) is 9.00. The minimum absolute atomic E-state index is 0.0764. The maximum Gasteiger partial charge on any atom is 0.300 e. The zero-order valence-corrected chi connectivity index (χ0v) is 11.8. The number of ether oxygens (including phenoxy) is 1. The third-order valence-corrected chi connectivity index (χ3v) is 2.35. The predicted octanol–water partition coefficient (Wildman–Crippen LogP) is 3.23. The van der Waals surface area contributed by atoms with E-state index >= 15 is 0 Å². The number of aliphatic hydroxyl groups excluding tert-OH is 1. The van der Waals surface area contributed by atoms with Crippen LogP contribution >= 0.6 is 0 Å². The van der Waals surface area contributed by atoms with Gasteiger partial charge in [-0.05, 0) is 24.1 Å². The van der Waals surface area contributed by atoms with Crippen molar-refractivity contribution in [3.63, 3.8) is 0 Å². The molecule has 19 heavy (non-hydrogen) atoms. The van der Waals surface area contributed by atoms with Crippen molar-refractivity contribution in [1.82, 2.24) is 0 Å². The van der Waals surface area contributed by atoms with Crippen LogP contribution in [-0.2, 0) is 11.4 Å². The smallest absolute Gasteiger partial charge is 0.300 e. The van der Waals surface area contributed by atoms with Crippen LogP contribution in [0.2, 0.25) is 0 Å². The Hall–Kier alpha value is -1.55. The number of rotatable bonds is 7. The lowest BCUT2D eigenvalue weighted by atomic mass is 10.2. The van der Waals surface area contributed by atoms with Gasteiger partial charge in [0.25, 0.3) is 5.97 Å². The Bertz CT molecular complexity index is 346. The van der Waals surface area contributed by atoms with Crippen molar-refractivity contribution < 1.29 is 19.7 Å². The zero-order chi connectivity index (χ0) is 14.5. The molecule has 0 saturated heterocycles. The summed E-state index contributed by atoms with van der Waals surface area (Å²) >= 11 is 0. The van der Waals surface area contributed by atoms with Gasteiger partial charge in [-0.3, -0.25) is 4.79 Å². The Morgan fingerprint density at radius 3 is 2.53 bits per heavy atom. The number of carboxylic acid groups (broad SMARTS) is 1. The van der Waals surface area contributed by atoms with E-state index in [-0.39, 0.29) is 6.61 Å². The molecule has 108 valence electrons. The van der Waals surface area contributed by atoms with Gasteiger partial charge in [0.05, 0.1) is 13.2 Å². The van der Waals surface area contributed by atoms with E-state index in [1.54, 1.807) is 0 Å². The van der Waals surface area contributed by atoms with E-state index in [0.717, 1.165) is 31.3 Å². The number of benzene rings is 1. The molecule has 0 unspecified atom stereocenters. The van der Waals surface area contributed by atoms with Crippen LogP contribution in [0.1, 0.15) is 45.1 Å². The van der Waals surface area contributed by atoms with Gasteiger partial charge in [-0.1, -0.05) is 38.3 Å². The van der Waals surface area contributed by atoms with E-state index in [4.69, 9.17) is 19.7 Å². The van der Waals surface area contributed by atoms with Gasteiger partial charge in [0.15, 0.2) is 0 Å². The first-order valence-corrected chi connectivity index (χ1v) is 6.62. The largest absolute Gasteiger partial charge is 0.494 e. The molecule has 0 atom stereocenters. The van der Waals surface area contributed by atoms with Crippen molar-refractivity contribution in [2.45, 2.75) is 46.1 Å². The molecule has 1 rings (SSSR count). The van der Waals surface area contributed by atoms with Crippen LogP contribution in [0, 0.1) is 0 Å². The van der Waals surface area contributed by atoms with Crippen LogP contribution in [0.25, 0.3) is 0 Å².